The van der Waals surface area contributed by atoms with Crippen LogP contribution < -0.4 is 27.1 Å². The van der Waals surface area contributed by atoms with Gasteiger partial charge in [0.25, 0.3) is 5.91 Å². The molecule has 1 aromatic heterocycles. The van der Waals surface area contributed by atoms with Crippen molar-refractivity contribution in [1.29, 1.82) is 0 Å². The Morgan fingerprint density at radius 3 is 2.83 bits per heavy atom. The molecule has 3 rings (SSSR count). The van der Waals surface area contributed by atoms with Gasteiger partial charge in [0.05, 0.1) is 6.10 Å². The number of carbonyl (C=O) groups is 2. The van der Waals surface area contributed by atoms with Gasteiger partial charge in [-0.3, -0.25) is 19.0 Å². The van der Waals surface area contributed by atoms with Crippen molar-refractivity contribution in [2.24, 2.45) is 21.9 Å². The molecule has 29 heavy (non-hydrogen) atoms. The van der Waals surface area contributed by atoms with Crippen LogP contribution in [-0.4, -0.2) is 40.5 Å². The summed E-state index contributed by atoms with van der Waals surface area (Å²) < 4.78 is 12.8. The van der Waals surface area contributed by atoms with E-state index in [2.05, 4.69) is 21.0 Å². The topological polar surface area (TPSA) is 175 Å². The Balaban J connectivity index is 2.06. The Morgan fingerprint density at radius 1 is 1.48 bits per heavy atom. The molecule has 12 nitrogen and oxygen atoms in total. The third kappa shape index (κ3) is 3.84. The van der Waals surface area contributed by atoms with Gasteiger partial charge >= 0.3 is 10.8 Å². The number of ether oxygens (including phenoxy) is 2. The first kappa shape index (κ1) is 21.2. The van der Waals surface area contributed by atoms with E-state index in [1.54, 1.807) is 6.92 Å². The largest absolute Gasteiger partial charge is 0.461 e. The SMILES string of the molecule is CCCC1C[C@@](N)([C@H](C)OC(C)=O)[C@H](n2c3c(sc2=O)C(=O)NC(N=NN)N3)O1. The second-order valence-corrected chi connectivity index (χ2v) is 8.10. The summed E-state index contributed by atoms with van der Waals surface area (Å²) in [5.74, 6) is 4.32. The van der Waals surface area contributed by atoms with Gasteiger partial charge in [-0.1, -0.05) is 29.9 Å². The first-order chi connectivity index (χ1) is 13.7. The maximum atomic E-state index is 12.8. The van der Waals surface area contributed by atoms with Crippen molar-refractivity contribution in [1.82, 2.24) is 9.88 Å². The number of rotatable bonds is 6. The summed E-state index contributed by atoms with van der Waals surface area (Å²) >= 11 is 0.759. The van der Waals surface area contributed by atoms with Gasteiger partial charge in [-0.05, 0) is 19.8 Å². The molecule has 1 aromatic rings. The second kappa shape index (κ2) is 8.08. The van der Waals surface area contributed by atoms with Crippen molar-refractivity contribution in [2.45, 2.75) is 70.3 Å². The lowest BCUT2D eigenvalue weighted by molar-refractivity contribution is -0.151. The van der Waals surface area contributed by atoms with Crippen LogP contribution in [0.1, 0.15) is 55.9 Å². The highest BCUT2D eigenvalue weighted by Crippen LogP contribution is 2.43. The number of amides is 1. The highest BCUT2D eigenvalue weighted by atomic mass is 32.1. The third-order valence-corrected chi connectivity index (χ3v) is 6.03. The van der Waals surface area contributed by atoms with Crippen LogP contribution in [0, 0.1) is 0 Å². The van der Waals surface area contributed by atoms with Crippen molar-refractivity contribution in [3.63, 3.8) is 0 Å². The molecule has 0 saturated carbocycles. The summed E-state index contributed by atoms with van der Waals surface area (Å²) in [4.78, 5) is 36.5. The van der Waals surface area contributed by atoms with Crippen molar-refractivity contribution >= 4 is 29.0 Å². The molecule has 0 aliphatic carbocycles. The van der Waals surface area contributed by atoms with Crippen LogP contribution in [0.4, 0.5) is 5.82 Å². The molecule has 2 unspecified atom stereocenters. The summed E-state index contributed by atoms with van der Waals surface area (Å²) in [5.41, 5.74) is 5.51. The fourth-order valence-electron chi connectivity index (χ4n) is 3.74. The van der Waals surface area contributed by atoms with E-state index >= 15 is 0 Å². The van der Waals surface area contributed by atoms with Crippen molar-refractivity contribution in [3.8, 4) is 0 Å². The molecule has 5 atom stereocenters. The number of nitrogens with zero attached hydrogens (tertiary/aromatic N) is 3. The zero-order chi connectivity index (χ0) is 21.3. The molecule has 3 heterocycles. The van der Waals surface area contributed by atoms with Crippen molar-refractivity contribution in [2.75, 3.05) is 5.32 Å². The van der Waals surface area contributed by atoms with E-state index < -0.39 is 40.9 Å². The molecule has 0 bridgehead atoms. The summed E-state index contributed by atoms with van der Waals surface area (Å²) in [7, 11) is 0. The number of hydrogen-bond donors (Lipinski definition) is 4. The fourth-order valence-corrected chi connectivity index (χ4v) is 4.60. The summed E-state index contributed by atoms with van der Waals surface area (Å²) in [6.07, 6.45) is -0.887. The van der Waals surface area contributed by atoms with Gasteiger partial charge in [-0.25, -0.2) is 0 Å². The maximum absolute atomic E-state index is 12.8. The van der Waals surface area contributed by atoms with Crippen molar-refractivity contribution < 1.29 is 19.1 Å². The molecule has 1 saturated heterocycles. The van der Waals surface area contributed by atoms with Gasteiger partial charge in [0.15, 0.2) is 6.23 Å². The molecule has 1 fully saturated rings. The van der Waals surface area contributed by atoms with Gasteiger partial charge in [0, 0.05) is 6.92 Å². The molecular formula is C16H25N7O5S. The number of thiazole rings is 1. The average molecular weight is 427 g/mol. The molecule has 6 N–H and O–H groups in total. The number of nitrogens with one attached hydrogen (secondary N) is 2. The van der Waals surface area contributed by atoms with E-state index in [4.69, 9.17) is 21.1 Å². The van der Waals surface area contributed by atoms with Crippen LogP contribution in [0.5, 0.6) is 0 Å². The summed E-state index contributed by atoms with van der Waals surface area (Å²) in [5, 5.41) is 12.3. The fraction of sp³-hybridized carbons (Fsp3) is 0.688. The lowest BCUT2D eigenvalue weighted by Crippen LogP contribution is -2.56. The standard InChI is InChI=1S/C16H25N7O5S/c1-4-5-9-6-16(17,7(2)27-8(3)24)13(28-9)23-11-10(29-15(23)26)12(25)20-14(19-11)21-22-18/h7,9,13-14,19H,4-6,17H2,1-3H3,(H2,18,21)(H,20,25)/t7-,9?,13+,14?,16+/m0/s1. The molecule has 160 valence electrons. The molecule has 13 heteroatoms. The molecular weight excluding hydrogens is 402 g/mol. The first-order valence-corrected chi connectivity index (χ1v) is 10.1. The number of fused-ring (bicyclic) bond motifs is 1. The lowest BCUT2D eigenvalue weighted by Gasteiger charge is -2.36. The second-order valence-electron chi connectivity index (χ2n) is 7.13. The molecule has 2 aliphatic rings. The first-order valence-electron chi connectivity index (χ1n) is 9.25. The monoisotopic (exact) mass is 427 g/mol. The van der Waals surface area contributed by atoms with Crippen LogP contribution in [0.3, 0.4) is 0 Å². The number of nitrogens with two attached hydrogens (primary N) is 2. The van der Waals surface area contributed by atoms with E-state index in [-0.39, 0.29) is 16.8 Å². The van der Waals surface area contributed by atoms with Crippen LogP contribution in [0.15, 0.2) is 15.1 Å². The number of hydrogen-bond acceptors (Lipinski definition) is 10. The van der Waals surface area contributed by atoms with Gasteiger partial charge in [0.1, 0.15) is 22.3 Å². The molecule has 0 aromatic carbocycles. The molecule has 2 aliphatic heterocycles. The molecule has 1 amide bonds. The predicted molar refractivity (Wildman–Crippen MR) is 104 cm³/mol. The lowest BCUT2D eigenvalue weighted by atomic mass is 9.87. The maximum Gasteiger partial charge on any atom is 0.311 e. The van der Waals surface area contributed by atoms with Gasteiger partial charge in [-0.15, -0.1) is 5.11 Å². The normalized spacial score (nSPS) is 29.9. The van der Waals surface area contributed by atoms with Crippen molar-refractivity contribution in [3.05, 3.63) is 14.5 Å². The van der Waals surface area contributed by atoms with Crippen LogP contribution in [0.25, 0.3) is 0 Å². The van der Waals surface area contributed by atoms with Crippen LogP contribution in [-0.2, 0) is 14.3 Å². The van der Waals surface area contributed by atoms with E-state index in [0.29, 0.717) is 6.42 Å². The molecule has 0 spiro atoms. The number of anilines is 1. The minimum atomic E-state index is -1.18. The Bertz CT molecular complexity index is 883. The highest BCUT2D eigenvalue weighted by Gasteiger charge is 2.53. The summed E-state index contributed by atoms with van der Waals surface area (Å²) in [6.45, 7) is 4.97. The van der Waals surface area contributed by atoms with E-state index in [0.717, 1.165) is 24.2 Å². The van der Waals surface area contributed by atoms with E-state index in [9.17, 15) is 14.4 Å². The molecule has 0 radical (unpaired) electrons. The number of esters is 1. The zero-order valence-corrected chi connectivity index (χ0v) is 17.2. The Labute approximate surface area is 170 Å². The number of aromatic nitrogens is 1. The zero-order valence-electron chi connectivity index (χ0n) is 16.4. The van der Waals surface area contributed by atoms with Gasteiger partial charge in [-0.2, -0.15) is 0 Å². The van der Waals surface area contributed by atoms with Gasteiger partial charge in [0.2, 0.25) is 6.29 Å². The van der Waals surface area contributed by atoms with Gasteiger partial charge < -0.3 is 31.7 Å². The minimum Gasteiger partial charge on any atom is -0.461 e. The average Bonchev–Trinajstić information content (AvgIpc) is 3.12. The Kier molecular flexibility index (Phi) is 5.91. The van der Waals surface area contributed by atoms with E-state index in [1.807, 2.05) is 6.92 Å². The smallest absolute Gasteiger partial charge is 0.311 e. The van der Waals surface area contributed by atoms with Crippen LogP contribution >= 0.6 is 11.3 Å². The Hall–Kier alpha value is -2.51. The third-order valence-electron chi connectivity index (χ3n) is 5.08. The van der Waals surface area contributed by atoms with Crippen LogP contribution in [0.2, 0.25) is 0 Å². The van der Waals surface area contributed by atoms with E-state index in [1.165, 1.54) is 11.5 Å². The minimum absolute atomic E-state index is 0.170. The predicted octanol–water partition coefficient (Wildman–Crippen LogP) is 0.411. The quantitative estimate of drug-likeness (QED) is 0.218. The summed E-state index contributed by atoms with van der Waals surface area (Å²) in [6, 6.07) is 0. The Morgan fingerprint density at radius 2 is 2.21 bits per heavy atom. The number of carbonyl (C=O) groups excluding carboxylic acids is 2. The highest BCUT2D eigenvalue weighted by molar-refractivity contribution is 7.12.